The van der Waals surface area contributed by atoms with Gasteiger partial charge in [-0.25, -0.2) is 0 Å². The van der Waals surface area contributed by atoms with Crippen molar-refractivity contribution in [1.29, 1.82) is 0 Å². The average Bonchev–Trinajstić information content (AvgIpc) is 3.01. The minimum Gasteiger partial charge on any atom is -0.494 e. The lowest BCUT2D eigenvalue weighted by Gasteiger charge is -2.15. The average molecular weight is 402 g/mol. The van der Waals surface area contributed by atoms with E-state index in [9.17, 15) is 0 Å². The predicted molar refractivity (Wildman–Crippen MR) is 121 cm³/mol. The normalized spacial score (nSPS) is 11.1. The highest BCUT2D eigenvalue weighted by atomic mass is 16.5. The van der Waals surface area contributed by atoms with Crippen molar-refractivity contribution >= 4 is 10.8 Å². The number of aryl methyl sites for hydroxylation is 4. The van der Waals surface area contributed by atoms with Crippen LogP contribution in [0.25, 0.3) is 27.7 Å². The lowest BCUT2D eigenvalue weighted by Crippen LogP contribution is -2.03. The summed E-state index contributed by atoms with van der Waals surface area (Å²) in [7, 11) is 1.69. The zero-order chi connectivity index (χ0) is 21.4. The van der Waals surface area contributed by atoms with Crippen LogP contribution in [0.2, 0.25) is 0 Å². The van der Waals surface area contributed by atoms with Crippen LogP contribution in [0.4, 0.5) is 0 Å². The molecule has 4 rings (SSSR count). The standard InChI is InChI=1S/C25H27N3O2/c1-7-30-20-12-13-21(22(14-20)29-6)28-17(4)23-16(3)26-27-25(24(23)18(28)5)19-10-8-15(2)9-11-19/h8-14H,7H2,1-6H3. The maximum Gasteiger partial charge on any atom is 0.146 e. The molecule has 0 aliphatic rings. The highest BCUT2D eigenvalue weighted by Gasteiger charge is 2.22. The van der Waals surface area contributed by atoms with Crippen LogP contribution in [0.5, 0.6) is 11.5 Å². The molecule has 5 heteroatoms. The first-order valence-corrected chi connectivity index (χ1v) is 10.2. The molecule has 0 N–H and O–H groups in total. The Morgan fingerprint density at radius 1 is 0.867 bits per heavy atom. The highest BCUT2D eigenvalue weighted by Crippen LogP contribution is 2.38. The van der Waals surface area contributed by atoms with E-state index in [-0.39, 0.29) is 0 Å². The van der Waals surface area contributed by atoms with Crippen molar-refractivity contribution in [3.05, 3.63) is 65.1 Å². The van der Waals surface area contributed by atoms with Crippen molar-refractivity contribution in [3.8, 4) is 28.4 Å². The van der Waals surface area contributed by atoms with Crippen molar-refractivity contribution in [3.63, 3.8) is 0 Å². The number of rotatable bonds is 5. The molecule has 4 aromatic rings. The van der Waals surface area contributed by atoms with Crippen LogP contribution < -0.4 is 9.47 Å². The second kappa shape index (κ2) is 7.82. The van der Waals surface area contributed by atoms with Crippen molar-refractivity contribution in [2.24, 2.45) is 0 Å². The number of aromatic nitrogens is 3. The van der Waals surface area contributed by atoms with Crippen LogP contribution in [-0.4, -0.2) is 28.5 Å². The van der Waals surface area contributed by atoms with Crippen LogP contribution in [0, 0.1) is 27.7 Å². The fourth-order valence-electron chi connectivity index (χ4n) is 4.17. The Morgan fingerprint density at radius 2 is 1.57 bits per heavy atom. The van der Waals surface area contributed by atoms with Crippen molar-refractivity contribution in [2.45, 2.75) is 34.6 Å². The van der Waals surface area contributed by atoms with Crippen molar-refractivity contribution in [1.82, 2.24) is 14.8 Å². The topological polar surface area (TPSA) is 49.2 Å². The minimum absolute atomic E-state index is 0.615. The molecule has 0 amide bonds. The van der Waals surface area contributed by atoms with Crippen LogP contribution in [0.1, 0.15) is 29.6 Å². The molecule has 0 aliphatic heterocycles. The molecule has 0 saturated carbocycles. The maximum absolute atomic E-state index is 5.72. The summed E-state index contributed by atoms with van der Waals surface area (Å²) in [5.41, 5.74) is 7.31. The number of hydrogen-bond donors (Lipinski definition) is 0. The Balaban J connectivity index is 2.01. The fraction of sp³-hybridized carbons (Fsp3) is 0.280. The van der Waals surface area contributed by atoms with Gasteiger partial charge in [0.2, 0.25) is 0 Å². The van der Waals surface area contributed by atoms with Gasteiger partial charge < -0.3 is 14.0 Å². The molecular formula is C25H27N3O2. The van der Waals surface area contributed by atoms with E-state index in [2.05, 4.69) is 59.8 Å². The molecule has 0 radical (unpaired) electrons. The van der Waals surface area contributed by atoms with Gasteiger partial charge in [-0.3, -0.25) is 0 Å². The Kier molecular flexibility index (Phi) is 5.20. The number of nitrogens with zero attached hydrogens (tertiary/aromatic N) is 3. The number of hydrogen-bond acceptors (Lipinski definition) is 4. The third-order valence-electron chi connectivity index (χ3n) is 5.57. The predicted octanol–water partition coefficient (Wildman–Crippen LogP) is 5.73. The minimum atomic E-state index is 0.615. The molecule has 0 aliphatic carbocycles. The second-order valence-corrected chi connectivity index (χ2v) is 7.52. The second-order valence-electron chi connectivity index (χ2n) is 7.52. The Bertz CT molecular complexity index is 1220. The summed E-state index contributed by atoms with van der Waals surface area (Å²) in [6.45, 7) is 10.9. The molecule has 0 fully saturated rings. The van der Waals surface area contributed by atoms with E-state index in [1.165, 1.54) is 5.56 Å². The molecule has 154 valence electrons. The third-order valence-corrected chi connectivity index (χ3v) is 5.57. The lowest BCUT2D eigenvalue weighted by atomic mass is 10.0. The van der Waals surface area contributed by atoms with E-state index in [1.54, 1.807) is 7.11 Å². The van der Waals surface area contributed by atoms with Gasteiger partial charge in [-0.05, 0) is 46.8 Å². The monoisotopic (exact) mass is 401 g/mol. The summed E-state index contributed by atoms with van der Waals surface area (Å²) in [6, 6.07) is 14.4. The van der Waals surface area contributed by atoms with Crippen LogP contribution >= 0.6 is 0 Å². The highest BCUT2D eigenvalue weighted by molar-refractivity contribution is 6.00. The Morgan fingerprint density at radius 3 is 2.23 bits per heavy atom. The van der Waals surface area contributed by atoms with Gasteiger partial charge in [0.25, 0.3) is 0 Å². The van der Waals surface area contributed by atoms with Gasteiger partial charge in [-0.2, -0.15) is 5.10 Å². The Labute approximate surface area is 177 Å². The fourth-order valence-corrected chi connectivity index (χ4v) is 4.17. The zero-order valence-corrected chi connectivity index (χ0v) is 18.4. The van der Waals surface area contributed by atoms with E-state index < -0.39 is 0 Å². The molecule has 0 spiro atoms. The molecule has 0 atom stereocenters. The molecular weight excluding hydrogens is 374 g/mol. The first-order chi connectivity index (χ1) is 14.5. The lowest BCUT2D eigenvalue weighted by molar-refractivity contribution is 0.336. The largest absolute Gasteiger partial charge is 0.494 e. The summed E-state index contributed by atoms with van der Waals surface area (Å²) >= 11 is 0. The maximum atomic E-state index is 5.72. The van der Waals surface area contributed by atoms with E-state index in [0.29, 0.717) is 6.61 Å². The van der Waals surface area contributed by atoms with Gasteiger partial charge in [0.15, 0.2) is 0 Å². The zero-order valence-electron chi connectivity index (χ0n) is 18.4. The first-order valence-electron chi connectivity index (χ1n) is 10.2. The van der Waals surface area contributed by atoms with E-state index in [4.69, 9.17) is 9.47 Å². The van der Waals surface area contributed by atoms with Gasteiger partial charge in [0.1, 0.15) is 17.2 Å². The summed E-state index contributed by atoms with van der Waals surface area (Å²) in [5.74, 6) is 1.56. The first kappa shape index (κ1) is 20.0. The molecule has 30 heavy (non-hydrogen) atoms. The van der Waals surface area contributed by atoms with Gasteiger partial charge in [0.05, 0.1) is 25.1 Å². The van der Waals surface area contributed by atoms with E-state index >= 15 is 0 Å². The third kappa shape index (κ3) is 3.20. The quantitative estimate of drug-likeness (QED) is 0.429. The summed E-state index contributed by atoms with van der Waals surface area (Å²) in [4.78, 5) is 0. The van der Waals surface area contributed by atoms with Gasteiger partial charge in [-0.1, -0.05) is 29.8 Å². The molecule has 0 unspecified atom stereocenters. The summed E-state index contributed by atoms with van der Waals surface area (Å²) < 4.78 is 13.6. The molecule has 2 heterocycles. The van der Waals surface area contributed by atoms with Gasteiger partial charge >= 0.3 is 0 Å². The van der Waals surface area contributed by atoms with Crippen molar-refractivity contribution < 1.29 is 9.47 Å². The molecule has 2 aromatic heterocycles. The van der Waals surface area contributed by atoms with Crippen molar-refractivity contribution in [2.75, 3.05) is 13.7 Å². The number of methoxy groups -OCH3 is 1. The van der Waals surface area contributed by atoms with Gasteiger partial charge in [-0.15, -0.1) is 5.10 Å². The molecule has 0 saturated heterocycles. The molecule has 5 nitrogen and oxygen atoms in total. The van der Waals surface area contributed by atoms with E-state index in [1.807, 2.05) is 32.0 Å². The summed E-state index contributed by atoms with van der Waals surface area (Å²) in [6.07, 6.45) is 0. The van der Waals surface area contributed by atoms with E-state index in [0.717, 1.165) is 56.3 Å². The number of ether oxygens (including phenoxy) is 2. The van der Waals surface area contributed by atoms with Crippen LogP contribution in [-0.2, 0) is 0 Å². The SMILES string of the molecule is CCOc1ccc(-n2c(C)c3c(C)nnc(-c4ccc(C)cc4)c3c2C)c(OC)c1. The van der Waals surface area contributed by atoms with Crippen LogP contribution in [0.3, 0.4) is 0 Å². The smallest absolute Gasteiger partial charge is 0.146 e. The Hall–Kier alpha value is -3.34. The van der Waals surface area contributed by atoms with Gasteiger partial charge in [0, 0.05) is 33.8 Å². The van der Waals surface area contributed by atoms with Crippen LogP contribution in [0.15, 0.2) is 42.5 Å². The summed E-state index contributed by atoms with van der Waals surface area (Å²) in [5, 5.41) is 11.3. The molecule has 0 bridgehead atoms. The number of fused-ring (bicyclic) bond motifs is 1. The molecule has 2 aromatic carbocycles. The number of benzene rings is 2.